The molecule has 2 aliphatic carbocycles. The minimum absolute atomic E-state index is 0.0455. The number of ether oxygens (including phenoxy) is 2. The van der Waals surface area contributed by atoms with Gasteiger partial charge in [0.1, 0.15) is 35.0 Å². The molecule has 20 heteroatoms. The summed E-state index contributed by atoms with van der Waals surface area (Å²) in [4.78, 5) is 79.8. The third-order valence-electron chi connectivity index (χ3n) is 14.4. The number of pyridine rings is 1. The molecule has 4 fully saturated rings. The molecule has 0 spiro atoms. The topological polar surface area (TPSA) is 224 Å². The van der Waals surface area contributed by atoms with Crippen LogP contribution < -0.4 is 21.2 Å². The van der Waals surface area contributed by atoms with Crippen molar-refractivity contribution in [1.82, 2.24) is 44.0 Å². The van der Waals surface area contributed by atoms with Crippen molar-refractivity contribution in [3.63, 3.8) is 0 Å². The van der Waals surface area contributed by atoms with Gasteiger partial charge in [-0.1, -0.05) is 6.07 Å². The quantitative estimate of drug-likeness (QED) is 0.0884. The minimum Gasteiger partial charge on any atom is -0.444 e. The number of likely N-dealkylation sites (N-methyl/N-ethyl adjacent to an activating group) is 1. The number of aryl methyl sites for hydroxylation is 2. The van der Waals surface area contributed by atoms with Crippen LogP contribution >= 0.6 is 0 Å². The van der Waals surface area contributed by atoms with Crippen LogP contribution in [0, 0.1) is 11.8 Å². The lowest BCUT2D eigenvalue weighted by Gasteiger charge is -2.36. The smallest absolute Gasteiger partial charge is 0.416 e. The number of carbonyl (C=O) groups excluding carboxylic acids is 4. The van der Waals surface area contributed by atoms with E-state index in [0.29, 0.717) is 59.7 Å². The normalized spacial score (nSPS) is 21.2. The van der Waals surface area contributed by atoms with E-state index in [1.165, 1.54) is 10.8 Å². The number of nitrogens with one attached hydrogen (secondary N) is 2. The second-order valence-corrected chi connectivity index (χ2v) is 22.2. The summed E-state index contributed by atoms with van der Waals surface area (Å²) in [6.45, 7) is 14.4. The van der Waals surface area contributed by atoms with E-state index in [4.69, 9.17) is 19.0 Å². The Morgan fingerprint density at radius 3 is 2.44 bits per heavy atom. The van der Waals surface area contributed by atoms with Gasteiger partial charge in [0.05, 0.1) is 35.5 Å². The average molecular weight is 1010 g/mol. The summed E-state index contributed by atoms with van der Waals surface area (Å²) in [5, 5.41) is 21.3. The van der Waals surface area contributed by atoms with Crippen molar-refractivity contribution in [1.29, 1.82) is 0 Å². The van der Waals surface area contributed by atoms with Crippen LogP contribution in [0.1, 0.15) is 126 Å². The molecule has 5 aromatic rings. The number of morpholine rings is 1. The van der Waals surface area contributed by atoms with Gasteiger partial charge in [-0.05, 0) is 148 Å². The van der Waals surface area contributed by atoms with Gasteiger partial charge in [-0.25, -0.2) is 19.6 Å². The zero-order chi connectivity index (χ0) is 51.8. The Kier molecular flexibility index (Phi) is 15.1. The van der Waals surface area contributed by atoms with Gasteiger partial charge in [0.25, 0.3) is 5.91 Å². The number of amides is 4. The highest BCUT2D eigenvalue weighted by molar-refractivity contribution is 6.03. The lowest BCUT2D eigenvalue weighted by Crippen LogP contribution is -2.47. The molecule has 6 heterocycles. The van der Waals surface area contributed by atoms with Gasteiger partial charge in [0, 0.05) is 64.1 Å². The fraction of sp³-hybridized carbons (Fsp3) is 0.585. The van der Waals surface area contributed by atoms with Crippen molar-refractivity contribution in [3.05, 3.63) is 76.4 Å². The standard InChI is InChI=1S/C53H71N11O9/c1-52(2,3)73-51(69)62(28-35-10-11-35)44-26-36(20-21-54-44)49-56-40(32-72-49)47(66)55-39-31-63(58-46(39)53(4,5)70)37-15-12-34(13-16-37)27-59(6)29-38-30-61(23-24-71-38)22-8-9-33-14-17-41-43(25-33)60(7)50(68)64(41)42-18-19-45(65)57-48(42)67/h14,17,20-21,25-26,31-32,34-35,37-38,42,70H,8-13,15-16,18-19,22-24,27-30H2,1-7H3,(H,55,66)(H,57,65,67)/t34?,37?,38-,42?/m1/s1. The summed E-state index contributed by atoms with van der Waals surface area (Å²) in [5.74, 6) is 0.244. The van der Waals surface area contributed by atoms with E-state index >= 15 is 0 Å². The molecule has 4 amide bonds. The van der Waals surface area contributed by atoms with Crippen molar-refractivity contribution in [2.24, 2.45) is 18.9 Å². The van der Waals surface area contributed by atoms with E-state index in [1.54, 1.807) is 54.9 Å². The monoisotopic (exact) mass is 1010 g/mol. The lowest BCUT2D eigenvalue weighted by atomic mass is 9.86. The average Bonchev–Trinajstić information content (AvgIpc) is 3.72. The molecule has 4 aromatic heterocycles. The molecule has 2 atom stereocenters. The molecule has 2 saturated carbocycles. The fourth-order valence-electron chi connectivity index (χ4n) is 10.5. The van der Waals surface area contributed by atoms with Gasteiger partial charge >= 0.3 is 11.8 Å². The van der Waals surface area contributed by atoms with Crippen molar-refractivity contribution in [3.8, 4) is 11.5 Å². The van der Waals surface area contributed by atoms with Crippen LogP contribution in [0.2, 0.25) is 0 Å². The van der Waals surface area contributed by atoms with Crippen LogP contribution in [0.3, 0.4) is 0 Å². The molecule has 4 aliphatic rings. The highest BCUT2D eigenvalue weighted by atomic mass is 16.6. The second kappa shape index (κ2) is 21.3. The highest BCUT2D eigenvalue weighted by Crippen LogP contribution is 2.37. The first-order valence-corrected chi connectivity index (χ1v) is 25.9. The lowest BCUT2D eigenvalue weighted by molar-refractivity contribution is -0.135. The fourth-order valence-corrected chi connectivity index (χ4v) is 10.5. The van der Waals surface area contributed by atoms with E-state index < -0.39 is 35.2 Å². The molecular weight excluding hydrogens is 935 g/mol. The molecule has 0 radical (unpaired) electrons. The van der Waals surface area contributed by atoms with Crippen LogP contribution in [-0.2, 0) is 38.1 Å². The number of fused-ring (bicyclic) bond motifs is 1. The Bertz CT molecular complexity index is 2880. The van der Waals surface area contributed by atoms with E-state index in [0.717, 1.165) is 95.2 Å². The maximum absolute atomic E-state index is 13.7. The van der Waals surface area contributed by atoms with E-state index in [1.807, 2.05) is 43.7 Å². The molecule has 20 nitrogen and oxygen atoms in total. The number of aromatic nitrogens is 6. The van der Waals surface area contributed by atoms with Gasteiger partial charge in [0.15, 0.2) is 5.69 Å². The number of nitrogens with zero attached hydrogens (tertiary/aromatic N) is 9. The second-order valence-electron chi connectivity index (χ2n) is 22.2. The van der Waals surface area contributed by atoms with Crippen LogP contribution in [0.4, 0.5) is 16.3 Å². The first kappa shape index (κ1) is 51.7. The SMILES string of the molecule is CN(CC1CCC(n2cc(NC(=O)c3coc(-c4ccnc(N(CC5CC5)C(=O)OC(C)(C)C)c4)n3)c(C(C)(C)O)n2)CC1)C[C@@H]1CN(CCCc2ccc3c(c2)n(C)c(=O)n3C2CCC(=O)NC2=O)CCO1. The maximum Gasteiger partial charge on any atom is 0.416 e. The van der Waals surface area contributed by atoms with Crippen molar-refractivity contribution >= 4 is 46.4 Å². The molecule has 2 aliphatic heterocycles. The molecule has 2 saturated heterocycles. The van der Waals surface area contributed by atoms with Gasteiger partial charge < -0.3 is 29.2 Å². The van der Waals surface area contributed by atoms with Crippen molar-refractivity contribution in [2.45, 2.75) is 128 Å². The highest BCUT2D eigenvalue weighted by Gasteiger charge is 2.35. The molecule has 0 bridgehead atoms. The summed E-state index contributed by atoms with van der Waals surface area (Å²) < 4.78 is 22.7. The van der Waals surface area contributed by atoms with E-state index in [9.17, 15) is 29.1 Å². The Morgan fingerprint density at radius 2 is 1.71 bits per heavy atom. The summed E-state index contributed by atoms with van der Waals surface area (Å²) >= 11 is 0. The zero-order valence-corrected chi connectivity index (χ0v) is 43.3. The Labute approximate surface area is 425 Å². The Hall–Kier alpha value is -6.22. The minimum atomic E-state index is -1.33. The third kappa shape index (κ3) is 12.4. The summed E-state index contributed by atoms with van der Waals surface area (Å²) in [6, 6.07) is 8.82. The third-order valence-corrected chi connectivity index (χ3v) is 14.4. The number of hydrogen-bond donors (Lipinski definition) is 3. The molecule has 9 rings (SSSR count). The van der Waals surface area contributed by atoms with Gasteiger partial charge in [-0.15, -0.1) is 0 Å². The van der Waals surface area contributed by atoms with Gasteiger partial charge in [-0.2, -0.15) is 5.10 Å². The van der Waals surface area contributed by atoms with Crippen molar-refractivity contribution in [2.75, 3.05) is 63.1 Å². The number of anilines is 2. The van der Waals surface area contributed by atoms with E-state index in [2.05, 4.69) is 37.4 Å². The number of hydrogen-bond acceptors (Lipinski definition) is 14. The number of aliphatic hydroxyl groups is 1. The maximum atomic E-state index is 13.7. The predicted molar refractivity (Wildman–Crippen MR) is 273 cm³/mol. The van der Waals surface area contributed by atoms with Gasteiger partial charge in [-0.3, -0.25) is 43.3 Å². The number of imide groups is 1. The van der Waals surface area contributed by atoms with Crippen LogP contribution in [0.5, 0.6) is 0 Å². The molecule has 1 unspecified atom stereocenters. The van der Waals surface area contributed by atoms with Crippen LogP contribution in [0.15, 0.2) is 58.2 Å². The molecule has 392 valence electrons. The number of oxazole rings is 1. The molecular formula is C53H71N11O9. The summed E-state index contributed by atoms with van der Waals surface area (Å²) in [6.07, 6.45) is 12.6. The summed E-state index contributed by atoms with van der Waals surface area (Å²) in [7, 11) is 3.90. The number of benzene rings is 1. The molecule has 1 aromatic carbocycles. The first-order chi connectivity index (χ1) is 34.8. The van der Waals surface area contributed by atoms with E-state index in [-0.39, 0.29) is 41.7 Å². The van der Waals surface area contributed by atoms with Crippen LogP contribution in [0.25, 0.3) is 22.5 Å². The Morgan fingerprint density at radius 1 is 0.959 bits per heavy atom. The Balaban J connectivity index is 0.743. The number of carbonyl (C=O) groups is 4. The zero-order valence-electron chi connectivity index (χ0n) is 43.3. The predicted octanol–water partition coefficient (Wildman–Crippen LogP) is 6.19. The molecule has 73 heavy (non-hydrogen) atoms. The number of piperidine rings is 1. The summed E-state index contributed by atoms with van der Waals surface area (Å²) in [5.41, 5.74) is 1.69. The van der Waals surface area contributed by atoms with Crippen molar-refractivity contribution < 1.29 is 38.2 Å². The van der Waals surface area contributed by atoms with Crippen LogP contribution in [-0.4, -0.2) is 132 Å². The van der Waals surface area contributed by atoms with Gasteiger partial charge in [0.2, 0.25) is 17.7 Å². The first-order valence-electron chi connectivity index (χ1n) is 25.9. The number of imidazole rings is 1. The largest absolute Gasteiger partial charge is 0.444 e. The number of rotatable bonds is 17. The molecule has 3 N–H and O–H groups in total.